The zero-order valence-corrected chi connectivity index (χ0v) is 16.1. The predicted molar refractivity (Wildman–Crippen MR) is 106 cm³/mol. The Balaban J connectivity index is 1.50. The number of nitrogens with zero attached hydrogens (tertiary/aromatic N) is 3. The van der Waals surface area contributed by atoms with Crippen LogP contribution < -0.4 is 4.90 Å². The van der Waals surface area contributed by atoms with E-state index in [4.69, 9.17) is 0 Å². The van der Waals surface area contributed by atoms with Gasteiger partial charge in [-0.3, -0.25) is 4.90 Å². The summed E-state index contributed by atoms with van der Waals surface area (Å²) < 4.78 is 28.6. The van der Waals surface area contributed by atoms with Crippen LogP contribution in [0.15, 0.2) is 54.0 Å². The number of benzene rings is 2. The molecule has 1 atom stereocenters. The Kier molecular flexibility index (Phi) is 5.66. The van der Waals surface area contributed by atoms with Gasteiger partial charge in [0.25, 0.3) is 0 Å². The topological polar surface area (TPSA) is 39.6 Å². The average molecular weight is 401 g/mol. The molecule has 0 saturated carbocycles. The van der Waals surface area contributed by atoms with Crippen LogP contribution in [0.25, 0.3) is 0 Å². The van der Waals surface area contributed by atoms with Gasteiger partial charge < -0.3 is 10.0 Å². The van der Waals surface area contributed by atoms with E-state index in [0.29, 0.717) is 54.5 Å². The summed E-state index contributed by atoms with van der Waals surface area (Å²) in [6.07, 6.45) is 0.672. The van der Waals surface area contributed by atoms with E-state index in [1.807, 2.05) is 11.0 Å². The number of anilines is 1. The molecular formula is C21H21F2N3OS. The molecule has 1 aliphatic heterocycles. The number of thiazole rings is 1. The van der Waals surface area contributed by atoms with Crippen LogP contribution in [0.4, 0.5) is 14.5 Å². The highest BCUT2D eigenvalue weighted by atomic mass is 32.1. The van der Waals surface area contributed by atoms with Crippen molar-refractivity contribution in [1.29, 1.82) is 0 Å². The summed E-state index contributed by atoms with van der Waals surface area (Å²) in [5.41, 5.74) is 1.62. The summed E-state index contributed by atoms with van der Waals surface area (Å²) in [6.45, 7) is 3.12. The number of aliphatic hydroxyl groups is 1. The van der Waals surface area contributed by atoms with Gasteiger partial charge in [-0.15, -0.1) is 11.3 Å². The maximum absolute atomic E-state index is 14.7. The first-order valence-corrected chi connectivity index (χ1v) is 10.1. The normalized spacial score (nSPS) is 16.3. The van der Waals surface area contributed by atoms with Crippen molar-refractivity contribution in [3.8, 4) is 0 Å². The number of hydrogen-bond donors (Lipinski definition) is 1. The van der Waals surface area contributed by atoms with Crippen molar-refractivity contribution in [3.05, 3.63) is 81.8 Å². The van der Waals surface area contributed by atoms with E-state index in [9.17, 15) is 13.9 Å². The lowest BCUT2D eigenvalue weighted by molar-refractivity contribution is 0.217. The Labute approximate surface area is 166 Å². The van der Waals surface area contributed by atoms with E-state index in [1.54, 1.807) is 35.8 Å². The molecule has 4 rings (SSSR count). The van der Waals surface area contributed by atoms with Crippen molar-refractivity contribution in [2.75, 3.05) is 31.1 Å². The van der Waals surface area contributed by atoms with Crippen molar-refractivity contribution in [3.63, 3.8) is 0 Å². The number of para-hydroxylation sites is 1. The number of halogens is 2. The molecular weight excluding hydrogens is 380 g/mol. The number of hydrogen-bond acceptors (Lipinski definition) is 5. The van der Waals surface area contributed by atoms with Gasteiger partial charge in [-0.05, 0) is 12.1 Å². The third kappa shape index (κ3) is 3.92. The van der Waals surface area contributed by atoms with Crippen LogP contribution in [0, 0.1) is 11.6 Å². The van der Waals surface area contributed by atoms with Gasteiger partial charge in [-0.1, -0.05) is 30.3 Å². The first-order valence-electron chi connectivity index (χ1n) is 9.20. The molecule has 0 unspecified atom stereocenters. The Hall–Kier alpha value is -2.35. The molecule has 4 nitrogen and oxygen atoms in total. The summed E-state index contributed by atoms with van der Waals surface area (Å²) in [5, 5.41) is 13.0. The summed E-state index contributed by atoms with van der Waals surface area (Å²) in [6, 6.07) is 11.6. The summed E-state index contributed by atoms with van der Waals surface area (Å²) in [5.74, 6) is -0.552. The van der Waals surface area contributed by atoms with E-state index in [-0.39, 0.29) is 11.6 Å². The fourth-order valence-electron chi connectivity index (χ4n) is 3.59. The SMILES string of the molecule is O[C@H](c1nccs1)c1cccc(F)c1N1CCN(Cc2ccccc2F)CC1. The Morgan fingerprint density at radius 3 is 2.46 bits per heavy atom. The molecule has 2 heterocycles. The van der Waals surface area contributed by atoms with Crippen LogP contribution in [0.3, 0.4) is 0 Å². The number of aromatic nitrogens is 1. The molecule has 1 N–H and O–H groups in total. The Morgan fingerprint density at radius 2 is 1.75 bits per heavy atom. The van der Waals surface area contributed by atoms with Gasteiger partial charge in [0.15, 0.2) is 0 Å². The van der Waals surface area contributed by atoms with E-state index in [1.165, 1.54) is 23.5 Å². The van der Waals surface area contributed by atoms with Gasteiger partial charge in [-0.2, -0.15) is 0 Å². The molecule has 0 radical (unpaired) electrons. The molecule has 2 aromatic carbocycles. The van der Waals surface area contributed by atoms with Gasteiger partial charge in [-0.25, -0.2) is 13.8 Å². The van der Waals surface area contributed by atoms with Crippen molar-refractivity contribution < 1.29 is 13.9 Å². The fourth-order valence-corrected chi connectivity index (χ4v) is 4.22. The van der Waals surface area contributed by atoms with E-state index >= 15 is 0 Å². The van der Waals surface area contributed by atoms with Crippen molar-refractivity contribution in [2.24, 2.45) is 0 Å². The second-order valence-corrected chi connectivity index (χ2v) is 7.73. The summed E-state index contributed by atoms with van der Waals surface area (Å²) >= 11 is 1.34. The molecule has 7 heteroatoms. The largest absolute Gasteiger partial charge is 0.381 e. The lowest BCUT2D eigenvalue weighted by Crippen LogP contribution is -2.46. The molecule has 0 spiro atoms. The van der Waals surface area contributed by atoms with Crippen LogP contribution in [-0.4, -0.2) is 41.2 Å². The quantitative estimate of drug-likeness (QED) is 0.706. The smallest absolute Gasteiger partial charge is 0.146 e. The molecule has 0 amide bonds. The molecule has 1 saturated heterocycles. The summed E-state index contributed by atoms with van der Waals surface area (Å²) in [4.78, 5) is 8.28. The molecule has 146 valence electrons. The van der Waals surface area contributed by atoms with Crippen LogP contribution in [0.1, 0.15) is 22.2 Å². The van der Waals surface area contributed by atoms with Crippen LogP contribution >= 0.6 is 11.3 Å². The molecule has 28 heavy (non-hydrogen) atoms. The monoisotopic (exact) mass is 401 g/mol. The number of rotatable bonds is 5. The third-order valence-electron chi connectivity index (χ3n) is 5.04. The van der Waals surface area contributed by atoms with Crippen molar-refractivity contribution in [1.82, 2.24) is 9.88 Å². The molecule has 0 bridgehead atoms. The third-order valence-corrected chi connectivity index (χ3v) is 5.87. The first kappa shape index (κ1) is 19.0. The summed E-state index contributed by atoms with van der Waals surface area (Å²) in [7, 11) is 0. The highest BCUT2D eigenvalue weighted by Gasteiger charge is 2.26. The number of piperazine rings is 1. The molecule has 0 aliphatic carbocycles. The minimum Gasteiger partial charge on any atom is -0.381 e. The maximum atomic E-state index is 14.7. The van der Waals surface area contributed by atoms with Crippen LogP contribution in [0.2, 0.25) is 0 Å². The minimum atomic E-state index is -0.956. The second kappa shape index (κ2) is 8.34. The highest BCUT2D eigenvalue weighted by molar-refractivity contribution is 7.09. The standard InChI is InChI=1S/C21H21F2N3OS/c22-17-6-2-1-4-15(17)14-25-9-11-26(12-10-25)19-16(5-3-7-18(19)23)20(27)21-24-8-13-28-21/h1-8,13,20,27H,9-12,14H2/t20-/m0/s1. The lowest BCUT2D eigenvalue weighted by atomic mass is 10.0. The zero-order chi connectivity index (χ0) is 19.5. The highest BCUT2D eigenvalue weighted by Crippen LogP contribution is 2.34. The zero-order valence-electron chi connectivity index (χ0n) is 15.3. The molecule has 1 aromatic heterocycles. The fraction of sp³-hybridized carbons (Fsp3) is 0.286. The van der Waals surface area contributed by atoms with Gasteiger partial charge >= 0.3 is 0 Å². The Morgan fingerprint density at radius 1 is 1.00 bits per heavy atom. The van der Waals surface area contributed by atoms with Crippen molar-refractivity contribution in [2.45, 2.75) is 12.6 Å². The van der Waals surface area contributed by atoms with Crippen LogP contribution in [-0.2, 0) is 6.54 Å². The average Bonchev–Trinajstić information content (AvgIpc) is 3.25. The second-order valence-electron chi connectivity index (χ2n) is 6.81. The molecule has 1 aliphatic rings. The molecule has 1 fully saturated rings. The van der Waals surface area contributed by atoms with E-state index in [0.717, 1.165) is 0 Å². The Bertz CT molecular complexity index is 927. The van der Waals surface area contributed by atoms with Gasteiger partial charge in [0.1, 0.15) is 22.7 Å². The van der Waals surface area contributed by atoms with E-state index in [2.05, 4.69) is 9.88 Å². The molecule has 3 aromatic rings. The number of aliphatic hydroxyl groups excluding tert-OH is 1. The first-order chi connectivity index (χ1) is 13.6. The minimum absolute atomic E-state index is 0.201. The van der Waals surface area contributed by atoms with Gasteiger partial charge in [0.05, 0.1) is 5.69 Å². The van der Waals surface area contributed by atoms with Crippen molar-refractivity contribution >= 4 is 17.0 Å². The van der Waals surface area contributed by atoms with E-state index < -0.39 is 6.10 Å². The predicted octanol–water partition coefficient (Wildman–Crippen LogP) is 3.83. The van der Waals surface area contributed by atoms with Gasteiger partial charge in [0.2, 0.25) is 0 Å². The van der Waals surface area contributed by atoms with Gasteiger partial charge in [0, 0.05) is 55.4 Å². The maximum Gasteiger partial charge on any atom is 0.146 e. The lowest BCUT2D eigenvalue weighted by Gasteiger charge is -2.37. The van der Waals surface area contributed by atoms with Crippen LogP contribution in [0.5, 0.6) is 0 Å².